The van der Waals surface area contributed by atoms with Crippen LogP contribution in [0.3, 0.4) is 0 Å². The summed E-state index contributed by atoms with van der Waals surface area (Å²) in [5.41, 5.74) is -15.6. The lowest BCUT2D eigenvalue weighted by Crippen LogP contribution is -2.71. The number of allylic oxidation sites excluding steroid dienone is 8. The summed E-state index contributed by atoms with van der Waals surface area (Å²) in [6.45, 7) is 12.6. The molecule has 8 rings (SSSR count). The molecule has 18 atom stereocenters. The van der Waals surface area contributed by atoms with Crippen molar-refractivity contribution in [2.24, 2.45) is 57.2 Å². The number of aliphatic hydroxyl groups excluding tert-OH is 2. The molecule has 0 aliphatic heterocycles. The van der Waals surface area contributed by atoms with Gasteiger partial charge in [0.2, 0.25) is 10.2 Å². The summed E-state index contributed by atoms with van der Waals surface area (Å²) in [7, 11) is 0.888. The molecule has 0 bridgehead atoms. The van der Waals surface area contributed by atoms with E-state index in [0.717, 1.165) is 24.3 Å². The van der Waals surface area contributed by atoms with Gasteiger partial charge in [-0.3, -0.25) is 28.8 Å². The zero-order valence-electron chi connectivity index (χ0n) is 37.4. The maximum absolute atomic E-state index is 18.1. The molecule has 64 heavy (non-hydrogen) atoms. The number of aliphatic hydroxyl groups is 2. The van der Waals surface area contributed by atoms with E-state index < -0.39 is 164 Å². The molecule has 0 amide bonds. The largest absolute Gasteiger partial charge is 0.449 e. The minimum atomic E-state index is -2.48. The fourth-order valence-electron chi connectivity index (χ4n) is 15.1. The highest BCUT2D eigenvalue weighted by Gasteiger charge is 2.80. The second-order valence-corrected chi connectivity index (χ2v) is 22.9. The van der Waals surface area contributed by atoms with Crippen molar-refractivity contribution in [2.75, 3.05) is 0 Å². The summed E-state index contributed by atoms with van der Waals surface area (Å²) in [6.07, 6.45) is -1.77. The van der Waals surface area contributed by atoms with Crippen LogP contribution in [-0.2, 0) is 38.2 Å². The Morgan fingerprint density at radius 1 is 0.641 bits per heavy atom. The number of ether oxygens (including phenoxy) is 2. The molecular formula is C48H58F4O10S2. The van der Waals surface area contributed by atoms with E-state index in [1.165, 1.54) is 39.8 Å². The van der Waals surface area contributed by atoms with Gasteiger partial charge in [0.15, 0.2) is 34.1 Å². The number of rotatable bonds is 6. The number of alkyl halides is 4. The van der Waals surface area contributed by atoms with Crippen LogP contribution in [0.25, 0.3) is 0 Å². The maximum atomic E-state index is 18.1. The van der Waals surface area contributed by atoms with Gasteiger partial charge in [0, 0.05) is 58.2 Å². The molecule has 6 fully saturated rings. The van der Waals surface area contributed by atoms with E-state index in [1.807, 2.05) is 0 Å². The Labute approximate surface area is 378 Å². The summed E-state index contributed by atoms with van der Waals surface area (Å²) in [5.74, 6) is -8.23. The first-order chi connectivity index (χ1) is 29.7. The summed E-state index contributed by atoms with van der Waals surface area (Å²) in [5, 5.41) is 22.4. The molecule has 0 aromatic heterocycles. The highest BCUT2D eigenvalue weighted by atomic mass is 33.1. The van der Waals surface area contributed by atoms with Crippen LogP contribution in [0.1, 0.15) is 107 Å². The zero-order valence-corrected chi connectivity index (χ0v) is 39.0. The molecule has 6 saturated carbocycles. The average Bonchev–Trinajstić information content (AvgIpc) is 3.59. The third-order valence-corrected chi connectivity index (χ3v) is 20.4. The molecule has 2 N–H and O–H groups in total. The van der Waals surface area contributed by atoms with Gasteiger partial charge in [0.05, 0.1) is 12.2 Å². The maximum Gasteiger partial charge on any atom is 0.306 e. The van der Waals surface area contributed by atoms with E-state index in [1.54, 1.807) is 27.7 Å². The Morgan fingerprint density at radius 2 is 0.984 bits per heavy atom. The third-order valence-electron chi connectivity index (χ3n) is 18.3. The number of hydrogen-bond donors (Lipinski definition) is 2. The van der Waals surface area contributed by atoms with Crippen LogP contribution in [0.15, 0.2) is 47.6 Å². The van der Waals surface area contributed by atoms with Gasteiger partial charge < -0.3 is 19.7 Å². The molecule has 0 saturated heterocycles. The van der Waals surface area contributed by atoms with Gasteiger partial charge in [-0.05, 0) is 121 Å². The molecule has 350 valence electrons. The Hall–Kier alpha value is -3.08. The normalized spacial score (nSPS) is 49.8. The van der Waals surface area contributed by atoms with Gasteiger partial charge in [-0.15, -0.1) is 0 Å². The topological polar surface area (TPSA) is 161 Å². The van der Waals surface area contributed by atoms with Gasteiger partial charge >= 0.3 is 11.9 Å². The lowest BCUT2D eigenvalue weighted by Gasteiger charge is -2.63. The average molecular weight is 935 g/mol. The number of hydrogen-bond acceptors (Lipinski definition) is 12. The van der Waals surface area contributed by atoms with E-state index in [4.69, 9.17) is 9.47 Å². The van der Waals surface area contributed by atoms with E-state index in [-0.39, 0.29) is 36.8 Å². The molecule has 10 nitrogen and oxygen atoms in total. The van der Waals surface area contributed by atoms with E-state index in [2.05, 4.69) is 0 Å². The van der Waals surface area contributed by atoms with Crippen LogP contribution in [0.2, 0.25) is 0 Å². The molecule has 0 unspecified atom stereocenters. The van der Waals surface area contributed by atoms with Gasteiger partial charge in [0.1, 0.15) is 12.3 Å². The molecule has 0 aromatic rings. The van der Waals surface area contributed by atoms with Crippen molar-refractivity contribution < 1.29 is 66.0 Å². The first-order valence-corrected chi connectivity index (χ1v) is 24.7. The van der Waals surface area contributed by atoms with E-state index in [9.17, 15) is 29.4 Å². The summed E-state index contributed by atoms with van der Waals surface area (Å²) >= 11 is 0. The smallest absolute Gasteiger partial charge is 0.306 e. The highest BCUT2D eigenvalue weighted by Crippen LogP contribution is 2.75. The van der Waals surface area contributed by atoms with Crippen molar-refractivity contribution in [3.8, 4) is 0 Å². The summed E-state index contributed by atoms with van der Waals surface area (Å²) in [6, 6.07) is 0. The number of esters is 2. The molecule has 0 spiro atoms. The molecule has 0 radical (unpaired) electrons. The van der Waals surface area contributed by atoms with Crippen LogP contribution < -0.4 is 0 Å². The van der Waals surface area contributed by atoms with Gasteiger partial charge in [-0.25, -0.2) is 17.6 Å². The van der Waals surface area contributed by atoms with E-state index >= 15 is 27.2 Å². The van der Waals surface area contributed by atoms with Crippen LogP contribution >= 0.6 is 21.6 Å². The Bertz CT molecular complexity index is 2080. The van der Waals surface area contributed by atoms with Gasteiger partial charge in [-0.2, -0.15) is 0 Å². The first-order valence-electron chi connectivity index (χ1n) is 22.5. The Morgan fingerprint density at radius 3 is 1.31 bits per heavy atom. The van der Waals surface area contributed by atoms with Crippen molar-refractivity contribution >= 4 is 55.3 Å². The zero-order chi connectivity index (χ0) is 47.1. The molecule has 8 aliphatic carbocycles. The lowest BCUT2D eigenvalue weighted by molar-refractivity contribution is -0.228. The second kappa shape index (κ2) is 15.2. The van der Waals surface area contributed by atoms with Crippen molar-refractivity contribution in [2.45, 2.75) is 154 Å². The number of halogens is 4. The number of carbonyl (C=O) groups is 6. The summed E-state index contributed by atoms with van der Waals surface area (Å²) < 4.78 is 81.1. The molecular weight excluding hydrogens is 877 g/mol. The number of ketones is 2. The van der Waals surface area contributed by atoms with Gasteiger partial charge in [0.25, 0.3) is 0 Å². The predicted octanol–water partition coefficient (Wildman–Crippen LogP) is 7.93. The van der Waals surface area contributed by atoms with E-state index in [0.29, 0.717) is 21.6 Å². The van der Waals surface area contributed by atoms with Crippen LogP contribution in [-0.4, -0.2) is 91.0 Å². The predicted molar refractivity (Wildman–Crippen MR) is 230 cm³/mol. The van der Waals surface area contributed by atoms with Crippen LogP contribution in [0.4, 0.5) is 17.6 Å². The standard InChI is InChI=1S/C48H58F4O10S2/c1-9-37(57)61-47(23(3)15-27-29-19-33(49)31-17-25(53)11-13-41(31,5)45(29,51)35(55)21-43(27,47)7)39(59)63-64-40(60)48(62-38(58)10-2)24(4)16-28-30-20-34(50)32-18-26(54)12-14-42(32,6)46(30,52)36(56)22-44(28,48)8/h11-14,17-18,23-24,27-30,33-36,55-56H,9-10,15-16,19-22H2,1-8H3/t23-,24-,27+,28+,29+,30+,33+,34+,35+,36+,41+,42+,43+,44+,45+,46+,47+,48+/m1/s1. The fourth-order valence-corrected chi connectivity index (χ4v) is 17.7. The highest BCUT2D eigenvalue weighted by molar-refractivity contribution is 8.87. The molecule has 0 heterocycles. The Balaban J connectivity index is 1.15. The number of fused-ring (bicyclic) bond motifs is 10. The number of carbonyl (C=O) groups excluding carboxylic acids is 6. The minimum Gasteiger partial charge on any atom is -0.449 e. The SMILES string of the molecule is CCC(=O)O[C@]1(C(=O)SSC(=O)[C@@]2(OC(=O)CC)[C@H](C)C[C@H]3[C@@H]4C[C@H](F)C5=CC(=O)C=C[C@]5(C)[C@@]4(F)[C@@H](O)C[C@@]32C)[C@H](C)C[C@H]2[C@@H]3C[C@H](F)C4=CC(=O)C=C[C@]4(C)[C@@]3(F)[C@@H](O)C[C@@]21C. The quantitative estimate of drug-likeness (QED) is 0.151. The van der Waals surface area contributed by atoms with Crippen molar-refractivity contribution in [1.82, 2.24) is 0 Å². The minimum absolute atomic E-state index is 0.0683. The first kappa shape index (κ1) is 47.4. The third kappa shape index (κ3) is 5.72. The van der Waals surface area contributed by atoms with Crippen molar-refractivity contribution in [1.29, 1.82) is 0 Å². The fraction of sp³-hybridized carbons (Fsp3) is 0.708. The summed E-state index contributed by atoms with van der Waals surface area (Å²) in [4.78, 5) is 82.0. The molecule has 16 heteroatoms. The molecule has 0 aromatic carbocycles. The lowest BCUT2D eigenvalue weighted by atomic mass is 9.44. The second-order valence-electron chi connectivity index (χ2n) is 20.9. The van der Waals surface area contributed by atoms with Crippen molar-refractivity contribution in [3.05, 3.63) is 47.6 Å². The van der Waals surface area contributed by atoms with Crippen LogP contribution in [0.5, 0.6) is 0 Å². The molecule has 8 aliphatic rings. The monoisotopic (exact) mass is 934 g/mol. The van der Waals surface area contributed by atoms with Crippen LogP contribution in [0, 0.1) is 57.2 Å². The van der Waals surface area contributed by atoms with Gasteiger partial charge in [-0.1, -0.05) is 53.7 Å². The van der Waals surface area contributed by atoms with Crippen molar-refractivity contribution in [3.63, 3.8) is 0 Å². The Kier molecular flexibility index (Phi) is 11.3.